The molecule has 0 saturated carbocycles. The lowest BCUT2D eigenvalue weighted by Crippen LogP contribution is -2.18. The molecule has 0 spiro atoms. The van der Waals surface area contributed by atoms with Gasteiger partial charge in [0.2, 0.25) is 11.8 Å². The van der Waals surface area contributed by atoms with Crippen LogP contribution < -0.4 is 0 Å². The fourth-order valence-electron chi connectivity index (χ4n) is 0.936. The van der Waals surface area contributed by atoms with E-state index in [9.17, 15) is 5.11 Å². The lowest BCUT2D eigenvalue weighted by molar-refractivity contribution is 0.221. The van der Waals surface area contributed by atoms with Gasteiger partial charge in [-0.2, -0.15) is 0 Å². The molecule has 0 aliphatic rings. The molecule has 1 unspecified atom stereocenters. The molecule has 5 heteroatoms. The largest absolute Gasteiger partial charge is 0.425 e. The zero-order valence-corrected chi connectivity index (χ0v) is 10.5. The minimum atomic E-state index is -1.42. The SMILES string of the molecule is Cc1nnc(CC(O)C#C[Si](C)(C)C)o1. The van der Waals surface area contributed by atoms with Gasteiger partial charge >= 0.3 is 0 Å². The van der Waals surface area contributed by atoms with Gasteiger partial charge in [-0.25, -0.2) is 0 Å². The molecule has 4 nitrogen and oxygen atoms in total. The molecule has 0 aromatic carbocycles. The first kappa shape index (κ1) is 11.9. The highest BCUT2D eigenvalue weighted by atomic mass is 28.3. The monoisotopic (exact) mass is 224 g/mol. The first-order valence-corrected chi connectivity index (χ1v) is 8.36. The normalized spacial score (nSPS) is 13.1. The fraction of sp³-hybridized carbons (Fsp3) is 0.600. The highest BCUT2D eigenvalue weighted by Crippen LogP contribution is 2.02. The Kier molecular flexibility index (Phi) is 3.66. The third kappa shape index (κ3) is 4.77. The number of aliphatic hydroxyl groups excluding tert-OH is 1. The van der Waals surface area contributed by atoms with Crippen LogP contribution in [0.1, 0.15) is 11.8 Å². The first-order valence-electron chi connectivity index (χ1n) is 4.86. The quantitative estimate of drug-likeness (QED) is 0.605. The predicted molar refractivity (Wildman–Crippen MR) is 59.9 cm³/mol. The Hall–Kier alpha value is -1.12. The summed E-state index contributed by atoms with van der Waals surface area (Å²) < 4.78 is 5.15. The van der Waals surface area contributed by atoms with Crippen molar-refractivity contribution in [2.24, 2.45) is 0 Å². The van der Waals surface area contributed by atoms with Crippen molar-refractivity contribution in [1.82, 2.24) is 10.2 Å². The summed E-state index contributed by atoms with van der Waals surface area (Å²) in [5, 5.41) is 17.1. The second kappa shape index (κ2) is 4.60. The van der Waals surface area contributed by atoms with Crippen molar-refractivity contribution >= 4 is 8.07 Å². The van der Waals surface area contributed by atoms with Crippen LogP contribution in [0.4, 0.5) is 0 Å². The standard InChI is InChI=1S/C10H16N2O2Si/c1-8-11-12-10(14-8)7-9(13)5-6-15(2,3)4/h9,13H,7H2,1-4H3. The number of hydrogen-bond donors (Lipinski definition) is 1. The number of aliphatic hydroxyl groups is 1. The topological polar surface area (TPSA) is 59.2 Å². The lowest BCUT2D eigenvalue weighted by Gasteiger charge is -2.05. The van der Waals surface area contributed by atoms with Crippen molar-refractivity contribution in [2.45, 2.75) is 39.1 Å². The summed E-state index contributed by atoms with van der Waals surface area (Å²) in [7, 11) is -1.42. The van der Waals surface area contributed by atoms with Gasteiger partial charge < -0.3 is 9.52 Å². The van der Waals surface area contributed by atoms with Crippen molar-refractivity contribution in [3.63, 3.8) is 0 Å². The van der Waals surface area contributed by atoms with E-state index in [0.29, 0.717) is 18.2 Å². The van der Waals surface area contributed by atoms with Crippen molar-refractivity contribution in [3.05, 3.63) is 11.8 Å². The Bertz CT molecular complexity index is 384. The predicted octanol–water partition coefficient (Wildman–Crippen LogP) is 1.16. The Morgan fingerprint density at radius 3 is 2.53 bits per heavy atom. The Labute approximate surface area is 90.7 Å². The second-order valence-corrected chi connectivity index (χ2v) is 9.20. The van der Waals surface area contributed by atoms with Crippen molar-refractivity contribution < 1.29 is 9.52 Å². The van der Waals surface area contributed by atoms with Crippen LogP contribution in [0.25, 0.3) is 0 Å². The summed E-state index contributed by atoms with van der Waals surface area (Å²) in [6.07, 6.45) is -0.408. The molecule has 0 aliphatic carbocycles. The molecule has 0 amide bonds. The molecule has 1 rings (SSSR count). The molecule has 1 N–H and O–H groups in total. The van der Waals surface area contributed by atoms with Gasteiger partial charge in [-0.15, -0.1) is 15.7 Å². The summed E-state index contributed by atoms with van der Waals surface area (Å²) in [5.41, 5.74) is 3.10. The summed E-state index contributed by atoms with van der Waals surface area (Å²) >= 11 is 0. The molecule has 0 bridgehead atoms. The van der Waals surface area contributed by atoms with Crippen molar-refractivity contribution in [1.29, 1.82) is 0 Å². The number of rotatable bonds is 2. The van der Waals surface area contributed by atoms with Crippen LogP contribution in [-0.4, -0.2) is 29.5 Å². The van der Waals surface area contributed by atoms with E-state index in [1.807, 2.05) is 0 Å². The van der Waals surface area contributed by atoms with Crippen molar-refractivity contribution in [2.75, 3.05) is 0 Å². The Balaban J connectivity index is 2.56. The van der Waals surface area contributed by atoms with E-state index in [1.54, 1.807) is 6.92 Å². The van der Waals surface area contributed by atoms with E-state index in [-0.39, 0.29) is 0 Å². The van der Waals surface area contributed by atoms with Crippen molar-refractivity contribution in [3.8, 4) is 11.5 Å². The van der Waals surface area contributed by atoms with E-state index in [1.165, 1.54) is 0 Å². The van der Waals surface area contributed by atoms with E-state index < -0.39 is 14.2 Å². The molecule has 0 radical (unpaired) electrons. The minimum Gasteiger partial charge on any atom is -0.425 e. The summed E-state index contributed by atoms with van der Waals surface area (Å²) in [6, 6.07) is 0. The molecule has 1 heterocycles. The molecule has 0 aliphatic heterocycles. The molecule has 1 atom stereocenters. The lowest BCUT2D eigenvalue weighted by atomic mass is 10.3. The molecular formula is C10H16N2O2Si. The van der Waals surface area contributed by atoms with Crippen LogP contribution >= 0.6 is 0 Å². The maximum Gasteiger partial charge on any atom is 0.220 e. The fourth-order valence-corrected chi connectivity index (χ4v) is 1.54. The van der Waals surface area contributed by atoms with E-state index >= 15 is 0 Å². The highest BCUT2D eigenvalue weighted by Gasteiger charge is 2.11. The zero-order chi connectivity index (χ0) is 11.5. The maximum atomic E-state index is 9.60. The molecular weight excluding hydrogens is 208 g/mol. The van der Waals surface area contributed by atoms with Gasteiger partial charge in [-0.3, -0.25) is 0 Å². The van der Waals surface area contributed by atoms with Crippen LogP contribution in [0.2, 0.25) is 19.6 Å². The van der Waals surface area contributed by atoms with Crippen LogP contribution in [0.5, 0.6) is 0 Å². The number of aryl methyl sites for hydroxylation is 1. The molecule has 82 valence electrons. The number of aromatic nitrogens is 2. The molecule has 1 aromatic rings. The van der Waals surface area contributed by atoms with Gasteiger partial charge in [-0.1, -0.05) is 25.6 Å². The van der Waals surface area contributed by atoms with Gasteiger partial charge in [-0.05, 0) is 0 Å². The summed E-state index contributed by atoms with van der Waals surface area (Å²) in [4.78, 5) is 0. The van der Waals surface area contributed by atoms with Gasteiger partial charge in [0.15, 0.2) is 0 Å². The Morgan fingerprint density at radius 2 is 2.07 bits per heavy atom. The molecule has 0 saturated heterocycles. The molecule has 0 fully saturated rings. The van der Waals surface area contributed by atoms with E-state index in [0.717, 1.165) is 0 Å². The average Bonchev–Trinajstić information content (AvgIpc) is 2.47. The van der Waals surface area contributed by atoms with E-state index in [4.69, 9.17) is 4.42 Å². The van der Waals surface area contributed by atoms with Crippen LogP contribution in [0.3, 0.4) is 0 Å². The van der Waals surface area contributed by atoms with Gasteiger partial charge in [0.1, 0.15) is 14.2 Å². The molecule has 1 aromatic heterocycles. The number of nitrogens with zero attached hydrogens (tertiary/aromatic N) is 2. The summed E-state index contributed by atoms with van der Waals surface area (Å²) in [5.74, 6) is 3.76. The number of hydrogen-bond acceptors (Lipinski definition) is 4. The van der Waals surface area contributed by atoms with Crippen LogP contribution in [0.15, 0.2) is 4.42 Å². The van der Waals surface area contributed by atoms with E-state index in [2.05, 4.69) is 41.3 Å². The van der Waals surface area contributed by atoms with Gasteiger partial charge in [0.25, 0.3) is 0 Å². The maximum absolute atomic E-state index is 9.60. The smallest absolute Gasteiger partial charge is 0.220 e. The molecule has 15 heavy (non-hydrogen) atoms. The highest BCUT2D eigenvalue weighted by molar-refractivity contribution is 6.83. The first-order chi connectivity index (χ1) is 6.87. The third-order valence-electron chi connectivity index (χ3n) is 1.55. The minimum absolute atomic E-state index is 0.304. The Morgan fingerprint density at radius 1 is 1.40 bits per heavy atom. The average molecular weight is 224 g/mol. The van der Waals surface area contributed by atoms with Crippen LogP contribution in [0, 0.1) is 18.4 Å². The summed E-state index contributed by atoms with van der Waals surface area (Å²) in [6.45, 7) is 8.10. The van der Waals surface area contributed by atoms with Crippen LogP contribution in [-0.2, 0) is 6.42 Å². The third-order valence-corrected chi connectivity index (χ3v) is 2.44. The van der Waals surface area contributed by atoms with Gasteiger partial charge in [0, 0.05) is 6.92 Å². The second-order valence-electron chi connectivity index (χ2n) is 4.45. The zero-order valence-electron chi connectivity index (χ0n) is 9.53. The van der Waals surface area contributed by atoms with Gasteiger partial charge in [0.05, 0.1) is 6.42 Å².